The maximum atomic E-state index is 9.07. The molecule has 0 aliphatic rings. The zero-order chi connectivity index (χ0) is 21.8. The lowest BCUT2D eigenvalue weighted by atomic mass is 9.99. The number of aryl methyl sites for hydroxylation is 1. The summed E-state index contributed by atoms with van der Waals surface area (Å²) in [5, 5.41) is 20.4. The molecule has 0 aliphatic carbocycles. The summed E-state index contributed by atoms with van der Waals surface area (Å²) >= 11 is 6.36. The van der Waals surface area contributed by atoms with Gasteiger partial charge >= 0.3 is 0 Å². The van der Waals surface area contributed by atoms with Gasteiger partial charge in [-0.25, -0.2) is 4.98 Å². The molecule has 0 saturated carbocycles. The number of H-pyrrole nitrogens is 1. The number of ether oxygens (including phenoxy) is 1. The Morgan fingerprint density at radius 3 is 2.68 bits per heavy atom. The van der Waals surface area contributed by atoms with Gasteiger partial charge < -0.3 is 10.1 Å². The lowest BCUT2D eigenvalue weighted by Gasteiger charge is -2.09. The highest BCUT2D eigenvalue weighted by Crippen LogP contribution is 2.30. The van der Waals surface area contributed by atoms with Crippen molar-refractivity contribution < 1.29 is 4.74 Å². The molecule has 0 bridgehead atoms. The van der Waals surface area contributed by atoms with E-state index in [4.69, 9.17) is 21.6 Å². The number of hydrogen-bond donors (Lipinski definition) is 2. The Labute approximate surface area is 185 Å². The first-order valence-corrected chi connectivity index (χ1v) is 10.0. The summed E-state index contributed by atoms with van der Waals surface area (Å²) in [6.45, 7) is 2.51. The standard InChI is InChI=1S/C24H20ClN5O/c1-15-9-16(13-26)3-5-20(15)17-7-8-27-24(10-17)28-14-18-11-23(30-29-18)21-6-4-19(31-2)12-22(21)25/h3-12H,14H2,1-2H3,(H,27,28)(H,29,30). The topological polar surface area (TPSA) is 86.6 Å². The third-order valence-corrected chi connectivity index (χ3v) is 5.29. The maximum absolute atomic E-state index is 9.07. The van der Waals surface area contributed by atoms with Crippen molar-refractivity contribution >= 4 is 17.4 Å². The lowest BCUT2D eigenvalue weighted by Crippen LogP contribution is -2.01. The van der Waals surface area contributed by atoms with Crippen LogP contribution in [0.15, 0.2) is 60.8 Å². The lowest BCUT2D eigenvalue weighted by molar-refractivity contribution is 0.415. The van der Waals surface area contributed by atoms with Gasteiger partial charge in [0.05, 0.1) is 41.7 Å². The highest BCUT2D eigenvalue weighted by Gasteiger charge is 2.10. The number of nitrogens with one attached hydrogen (secondary N) is 2. The fourth-order valence-corrected chi connectivity index (χ4v) is 3.64. The van der Waals surface area contributed by atoms with Gasteiger partial charge in [-0.05, 0) is 72.1 Å². The Kier molecular flexibility index (Phi) is 5.87. The minimum atomic E-state index is 0.507. The van der Waals surface area contributed by atoms with Crippen LogP contribution in [0.2, 0.25) is 5.02 Å². The van der Waals surface area contributed by atoms with E-state index in [9.17, 15) is 0 Å². The van der Waals surface area contributed by atoms with Crippen LogP contribution >= 0.6 is 11.6 Å². The molecular weight excluding hydrogens is 410 g/mol. The molecule has 6 nitrogen and oxygen atoms in total. The third kappa shape index (κ3) is 4.52. The summed E-state index contributed by atoms with van der Waals surface area (Å²) in [6, 6.07) is 19.3. The van der Waals surface area contributed by atoms with Crippen LogP contribution in [0, 0.1) is 18.3 Å². The number of benzene rings is 2. The molecule has 0 fully saturated rings. The predicted molar refractivity (Wildman–Crippen MR) is 122 cm³/mol. The van der Waals surface area contributed by atoms with Gasteiger partial charge in [-0.2, -0.15) is 10.4 Å². The summed E-state index contributed by atoms with van der Waals surface area (Å²) in [4.78, 5) is 4.41. The number of halogens is 1. The molecule has 0 unspecified atom stereocenters. The van der Waals surface area contributed by atoms with E-state index in [0.717, 1.165) is 39.5 Å². The van der Waals surface area contributed by atoms with Crippen molar-refractivity contribution in [2.24, 2.45) is 0 Å². The Morgan fingerprint density at radius 1 is 1.10 bits per heavy atom. The molecule has 0 radical (unpaired) electrons. The number of hydrogen-bond acceptors (Lipinski definition) is 5. The molecule has 7 heteroatoms. The van der Waals surface area contributed by atoms with Gasteiger partial charge in [0, 0.05) is 11.8 Å². The summed E-state index contributed by atoms with van der Waals surface area (Å²) < 4.78 is 5.20. The molecule has 2 aromatic heterocycles. The van der Waals surface area contributed by atoms with Crippen LogP contribution in [0.3, 0.4) is 0 Å². The van der Waals surface area contributed by atoms with Crippen LogP contribution in [0.25, 0.3) is 22.4 Å². The quantitative estimate of drug-likeness (QED) is 0.417. The van der Waals surface area contributed by atoms with Gasteiger partial charge in [0.1, 0.15) is 11.6 Å². The Balaban J connectivity index is 1.48. The average Bonchev–Trinajstić information content (AvgIpc) is 3.26. The van der Waals surface area contributed by atoms with Gasteiger partial charge in [0.25, 0.3) is 0 Å². The zero-order valence-electron chi connectivity index (χ0n) is 17.1. The van der Waals surface area contributed by atoms with Crippen molar-refractivity contribution in [3.8, 4) is 34.2 Å². The van der Waals surface area contributed by atoms with E-state index in [-0.39, 0.29) is 0 Å². The third-order valence-electron chi connectivity index (χ3n) is 4.97. The van der Waals surface area contributed by atoms with Crippen LogP contribution < -0.4 is 10.1 Å². The first-order chi connectivity index (χ1) is 15.1. The minimum absolute atomic E-state index is 0.507. The van der Waals surface area contributed by atoms with Crippen LogP contribution in [0.4, 0.5) is 5.82 Å². The van der Waals surface area contributed by atoms with E-state index >= 15 is 0 Å². The molecule has 154 valence electrons. The van der Waals surface area contributed by atoms with Crippen molar-refractivity contribution in [1.29, 1.82) is 5.26 Å². The molecule has 2 N–H and O–H groups in total. The number of methoxy groups -OCH3 is 1. The number of nitrogens with zero attached hydrogens (tertiary/aromatic N) is 3. The van der Waals surface area contributed by atoms with Crippen LogP contribution in [-0.4, -0.2) is 22.3 Å². The van der Waals surface area contributed by atoms with Crippen LogP contribution in [0.1, 0.15) is 16.8 Å². The average molecular weight is 430 g/mol. The maximum Gasteiger partial charge on any atom is 0.126 e. The van der Waals surface area contributed by atoms with E-state index in [2.05, 4.69) is 26.6 Å². The zero-order valence-corrected chi connectivity index (χ0v) is 17.9. The Hall–Kier alpha value is -3.82. The molecule has 2 aromatic carbocycles. The van der Waals surface area contributed by atoms with Crippen molar-refractivity contribution in [3.05, 3.63) is 82.6 Å². The van der Waals surface area contributed by atoms with E-state index < -0.39 is 0 Å². The largest absolute Gasteiger partial charge is 0.497 e. The van der Waals surface area contributed by atoms with Gasteiger partial charge in [0.15, 0.2) is 0 Å². The number of pyridine rings is 1. The first kappa shape index (κ1) is 20.5. The highest BCUT2D eigenvalue weighted by molar-refractivity contribution is 6.33. The van der Waals surface area contributed by atoms with E-state index in [0.29, 0.717) is 22.9 Å². The molecule has 31 heavy (non-hydrogen) atoms. The normalized spacial score (nSPS) is 10.5. The Morgan fingerprint density at radius 2 is 1.94 bits per heavy atom. The number of rotatable bonds is 6. The SMILES string of the molecule is COc1ccc(-c2cc(CNc3cc(-c4ccc(C#N)cc4C)ccn3)n[nH]2)c(Cl)c1. The number of anilines is 1. The monoisotopic (exact) mass is 429 g/mol. The van der Waals surface area contributed by atoms with Crippen LogP contribution in [0.5, 0.6) is 5.75 Å². The smallest absolute Gasteiger partial charge is 0.126 e. The second kappa shape index (κ2) is 8.90. The van der Waals surface area contributed by atoms with Crippen molar-refractivity contribution in [2.75, 3.05) is 12.4 Å². The number of aromatic amines is 1. The van der Waals surface area contributed by atoms with Crippen molar-refractivity contribution in [3.63, 3.8) is 0 Å². The molecule has 0 spiro atoms. The molecule has 0 saturated heterocycles. The molecule has 0 atom stereocenters. The van der Waals surface area contributed by atoms with E-state index in [1.165, 1.54) is 0 Å². The van der Waals surface area contributed by atoms with Gasteiger partial charge in [0.2, 0.25) is 0 Å². The van der Waals surface area contributed by atoms with Gasteiger partial charge in [-0.1, -0.05) is 17.7 Å². The molecular formula is C24H20ClN5O. The highest BCUT2D eigenvalue weighted by atomic mass is 35.5. The first-order valence-electron chi connectivity index (χ1n) is 9.66. The number of nitriles is 1. The molecule has 0 aliphatic heterocycles. The second-order valence-corrected chi connectivity index (χ2v) is 7.45. The van der Waals surface area contributed by atoms with E-state index in [1.807, 2.05) is 55.5 Å². The molecule has 4 rings (SSSR count). The molecule has 2 heterocycles. The van der Waals surface area contributed by atoms with Crippen LogP contribution in [-0.2, 0) is 6.54 Å². The predicted octanol–water partition coefficient (Wildman–Crippen LogP) is 5.59. The summed E-state index contributed by atoms with van der Waals surface area (Å²) in [5.74, 6) is 1.45. The van der Waals surface area contributed by atoms with Gasteiger partial charge in [-0.3, -0.25) is 5.10 Å². The number of aromatic nitrogens is 3. The van der Waals surface area contributed by atoms with Crippen molar-refractivity contribution in [2.45, 2.75) is 13.5 Å². The Bertz CT molecular complexity index is 1280. The molecule has 4 aromatic rings. The summed E-state index contributed by atoms with van der Waals surface area (Å²) in [6.07, 6.45) is 1.77. The van der Waals surface area contributed by atoms with E-state index in [1.54, 1.807) is 19.4 Å². The second-order valence-electron chi connectivity index (χ2n) is 7.04. The molecule has 0 amide bonds. The fraction of sp³-hybridized carbons (Fsp3) is 0.125. The summed E-state index contributed by atoms with van der Waals surface area (Å²) in [7, 11) is 1.61. The summed E-state index contributed by atoms with van der Waals surface area (Å²) in [5.41, 5.74) is 6.33. The fourth-order valence-electron chi connectivity index (χ4n) is 3.37. The van der Waals surface area contributed by atoms with Gasteiger partial charge in [-0.15, -0.1) is 0 Å². The van der Waals surface area contributed by atoms with Crippen molar-refractivity contribution in [1.82, 2.24) is 15.2 Å². The minimum Gasteiger partial charge on any atom is -0.497 e.